The summed E-state index contributed by atoms with van der Waals surface area (Å²) in [5.41, 5.74) is 7.29. The summed E-state index contributed by atoms with van der Waals surface area (Å²) in [6.45, 7) is 8.04. The van der Waals surface area contributed by atoms with E-state index in [0.29, 0.717) is 6.61 Å². The summed E-state index contributed by atoms with van der Waals surface area (Å²) >= 11 is 0. The van der Waals surface area contributed by atoms with Crippen LogP contribution in [0.4, 0.5) is 11.4 Å². The Balaban J connectivity index is 1.89. The fourth-order valence-corrected chi connectivity index (χ4v) is 4.54. The van der Waals surface area contributed by atoms with E-state index in [1.54, 1.807) is 0 Å². The quantitative estimate of drug-likeness (QED) is 0.342. The van der Waals surface area contributed by atoms with Crippen molar-refractivity contribution in [2.75, 3.05) is 30.9 Å². The lowest BCUT2D eigenvalue weighted by molar-refractivity contribution is 0.341. The van der Waals surface area contributed by atoms with Crippen LogP contribution >= 0.6 is 0 Å². The second kappa shape index (κ2) is 9.39. The van der Waals surface area contributed by atoms with E-state index >= 15 is 0 Å². The van der Waals surface area contributed by atoms with Crippen LogP contribution in [0.15, 0.2) is 72.8 Å². The number of rotatable bonds is 8. The molecule has 32 heavy (non-hydrogen) atoms. The summed E-state index contributed by atoms with van der Waals surface area (Å²) in [5, 5.41) is 5.12. The molecule has 166 valence electrons. The third kappa shape index (κ3) is 4.05. The number of nitrogens with zero attached hydrogens (tertiary/aromatic N) is 2. The number of benzene rings is 3. The first kappa shape index (κ1) is 21.8. The molecule has 1 unspecified atom stereocenters. The Kier molecular flexibility index (Phi) is 6.40. The van der Waals surface area contributed by atoms with Gasteiger partial charge < -0.3 is 19.5 Å². The molecule has 0 aliphatic rings. The predicted octanol–water partition coefficient (Wildman–Crippen LogP) is 6.64. The van der Waals surface area contributed by atoms with E-state index in [4.69, 9.17) is 4.74 Å². The van der Waals surface area contributed by atoms with Crippen molar-refractivity contribution in [3.63, 3.8) is 0 Å². The van der Waals surface area contributed by atoms with Crippen LogP contribution in [0.2, 0.25) is 0 Å². The third-order valence-corrected chi connectivity index (χ3v) is 6.11. The van der Waals surface area contributed by atoms with Crippen LogP contribution in [0.3, 0.4) is 0 Å². The number of fused-ring (bicyclic) bond motifs is 1. The highest BCUT2D eigenvalue weighted by atomic mass is 16.5. The van der Waals surface area contributed by atoms with E-state index in [1.807, 2.05) is 19.1 Å². The zero-order valence-corrected chi connectivity index (χ0v) is 19.7. The molecular weight excluding hydrogens is 394 g/mol. The van der Waals surface area contributed by atoms with Gasteiger partial charge in [0.05, 0.1) is 18.3 Å². The standard InChI is InChI=1S/C28H33N3O/c1-6-31-20(3)27(23-12-8-10-14-25(23)31)28(21-16-18-22(19-17-21)30(4)5)29-24-13-9-11-15-26(24)32-7-2/h8-19,28-29H,6-7H2,1-5H3. The Morgan fingerprint density at radius 2 is 1.59 bits per heavy atom. The molecule has 0 aliphatic carbocycles. The first-order valence-electron chi connectivity index (χ1n) is 11.4. The van der Waals surface area contributed by atoms with Crippen molar-refractivity contribution in [2.24, 2.45) is 0 Å². The van der Waals surface area contributed by atoms with Gasteiger partial charge in [-0.15, -0.1) is 0 Å². The zero-order chi connectivity index (χ0) is 22.7. The second-order valence-corrected chi connectivity index (χ2v) is 8.25. The molecule has 4 heteroatoms. The first-order valence-corrected chi connectivity index (χ1v) is 11.4. The van der Waals surface area contributed by atoms with Crippen LogP contribution in [-0.4, -0.2) is 25.3 Å². The number of ether oxygens (including phenoxy) is 1. The molecular formula is C28H33N3O. The van der Waals surface area contributed by atoms with Gasteiger partial charge >= 0.3 is 0 Å². The summed E-state index contributed by atoms with van der Waals surface area (Å²) in [6.07, 6.45) is 0. The van der Waals surface area contributed by atoms with Gasteiger partial charge in [-0.25, -0.2) is 0 Å². The zero-order valence-electron chi connectivity index (χ0n) is 19.7. The smallest absolute Gasteiger partial charge is 0.142 e. The van der Waals surface area contributed by atoms with E-state index in [0.717, 1.165) is 18.0 Å². The van der Waals surface area contributed by atoms with Crippen LogP contribution in [0.5, 0.6) is 5.75 Å². The largest absolute Gasteiger partial charge is 0.492 e. The van der Waals surface area contributed by atoms with Crippen molar-refractivity contribution in [1.29, 1.82) is 0 Å². The summed E-state index contributed by atoms with van der Waals surface area (Å²) in [7, 11) is 4.14. The molecule has 4 aromatic rings. The van der Waals surface area contributed by atoms with Gasteiger partial charge in [-0.3, -0.25) is 0 Å². The molecule has 1 atom stereocenters. The van der Waals surface area contributed by atoms with Crippen LogP contribution in [-0.2, 0) is 6.54 Å². The summed E-state index contributed by atoms with van der Waals surface area (Å²) in [5.74, 6) is 0.877. The molecule has 0 saturated carbocycles. The monoisotopic (exact) mass is 427 g/mol. The van der Waals surface area contributed by atoms with Crippen LogP contribution < -0.4 is 15.0 Å². The topological polar surface area (TPSA) is 29.4 Å². The van der Waals surface area contributed by atoms with E-state index < -0.39 is 0 Å². The molecule has 0 fully saturated rings. The van der Waals surface area contributed by atoms with Gasteiger partial charge in [0.15, 0.2) is 0 Å². The van der Waals surface area contributed by atoms with E-state index in [-0.39, 0.29) is 6.04 Å². The minimum absolute atomic E-state index is 0.00878. The van der Waals surface area contributed by atoms with Gasteiger partial charge in [-0.2, -0.15) is 0 Å². The highest BCUT2D eigenvalue weighted by Gasteiger charge is 2.24. The summed E-state index contributed by atoms with van der Waals surface area (Å²) < 4.78 is 8.33. The Bertz CT molecular complexity index is 1190. The Morgan fingerprint density at radius 3 is 2.28 bits per heavy atom. The number of anilines is 2. The highest BCUT2D eigenvalue weighted by molar-refractivity contribution is 5.87. The van der Waals surface area contributed by atoms with Crippen molar-refractivity contribution in [3.05, 3.63) is 89.6 Å². The van der Waals surface area contributed by atoms with Crippen molar-refractivity contribution in [3.8, 4) is 5.75 Å². The number of aryl methyl sites for hydroxylation is 1. The van der Waals surface area contributed by atoms with Crippen molar-refractivity contribution in [2.45, 2.75) is 33.4 Å². The molecule has 4 nitrogen and oxygen atoms in total. The van der Waals surface area contributed by atoms with Crippen molar-refractivity contribution >= 4 is 22.3 Å². The van der Waals surface area contributed by atoms with Gasteiger partial charge in [0.2, 0.25) is 0 Å². The van der Waals surface area contributed by atoms with Gasteiger partial charge in [0.25, 0.3) is 0 Å². The molecule has 0 saturated heterocycles. The SMILES string of the molecule is CCOc1ccccc1NC(c1ccc(N(C)C)cc1)c1c(C)n(CC)c2ccccc12. The van der Waals surface area contributed by atoms with Crippen LogP contribution in [0.1, 0.15) is 36.7 Å². The normalized spacial score (nSPS) is 12.0. The van der Waals surface area contributed by atoms with Crippen molar-refractivity contribution in [1.82, 2.24) is 4.57 Å². The van der Waals surface area contributed by atoms with Gasteiger partial charge in [0, 0.05) is 48.5 Å². The van der Waals surface area contributed by atoms with E-state index in [9.17, 15) is 0 Å². The summed E-state index contributed by atoms with van der Waals surface area (Å²) in [6, 6.07) is 25.7. The molecule has 0 aliphatic heterocycles. The molecule has 3 aromatic carbocycles. The fraction of sp³-hybridized carbons (Fsp3) is 0.286. The lowest BCUT2D eigenvalue weighted by Gasteiger charge is -2.24. The highest BCUT2D eigenvalue weighted by Crippen LogP contribution is 2.38. The number of aromatic nitrogens is 1. The molecule has 0 amide bonds. The summed E-state index contributed by atoms with van der Waals surface area (Å²) in [4.78, 5) is 2.13. The van der Waals surface area contributed by atoms with Crippen LogP contribution in [0.25, 0.3) is 10.9 Å². The molecule has 1 N–H and O–H groups in total. The Labute approximate surface area is 191 Å². The molecule has 1 aromatic heterocycles. The lowest BCUT2D eigenvalue weighted by atomic mass is 9.95. The maximum absolute atomic E-state index is 5.93. The molecule has 0 bridgehead atoms. The maximum Gasteiger partial charge on any atom is 0.142 e. The van der Waals surface area contributed by atoms with Gasteiger partial charge in [0.1, 0.15) is 5.75 Å². The second-order valence-electron chi connectivity index (χ2n) is 8.25. The average molecular weight is 428 g/mol. The molecule has 0 radical (unpaired) electrons. The minimum Gasteiger partial charge on any atom is -0.492 e. The predicted molar refractivity (Wildman–Crippen MR) is 136 cm³/mol. The van der Waals surface area contributed by atoms with E-state index in [1.165, 1.54) is 33.4 Å². The van der Waals surface area contributed by atoms with Gasteiger partial charge in [-0.1, -0.05) is 42.5 Å². The number of nitrogens with one attached hydrogen (secondary N) is 1. The number of hydrogen-bond acceptors (Lipinski definition) is 3. The first-order chi connectivity index (χ1) is 15.5. The number of hydrogen-bond donors (Lipinski definition) is 1. The third-order valence-electron chi connectivity index (χ3n) is 6.11. The molecule has 1 heterocycles. The minimum atomic E-state index is -0.00878. The Hall–Kier alpha value is -3.40. The lowest BCUT2D eigenvalue weighted by Crippen LogP contribution is -2.15. The number of para-hydroxylation sites is 3. The maximum atomic E-state index is 5.93. The average Bonchev–Trinajstić information content (AvgIpc) is 3.09. The van der Waals surface area contributed by atoms with Crippen molar-refractivity contribution < 1.29 is 4.74 Å². The Morgan fingerprint density at radius 1 is 0.906 bits per heavy atom. The van der Waals surface area contributed by atoms with E-state index in [2.05, 4.69) is 103 Å². The van der Waals surface area contributed by atoms with Crippen LogP contribution in [0, 0.1) is 6.92 Å². The molecule has 4 rings (SSSR count). The van der Waals surface area contributed by atoms with Gasteiger partial charge in [-0.05, 0) is 56.7 Å². The molecule has 0 spiro atoms. The fourth-order valence-electron chi connectivity index (χ4n) is 4.54.